The third-order valence-electron chi connectivity index (χ3n) is 0.961. The second-order valence-electron chi connectivity index (χ2n) is 1.72. The summed E-state index contributed by atoms with van der Waals surface area (Å²) in [5.74, 6) is -0.324. The van der Waals surface area contributed by atoms with E-state index in [-0.39, 0.29) is 10.8 Å². The van der Waals surface area contributed by atoms with Gasteiger partial charge in [-0.25, -0.2) is 0 Å². The van der Waals surface area contributed by atoms with Crippen LogP contribution in [0.25, 0.3) is 0 Å². The molecule has 0 spiro atoms. The molecule has 0 bridgehead atoms. The van der Waals surface area contributed by atoms with E-state index in [1.165, 1.54) is 12.3 Å². The summed E-state index contributed by atoms with van der Waals surface area (Å²) in [5.41, 5.74) is 0. The molecule has 0 radical (unpaired) electrons. The molecule has 0 aromatic carbocycles. The number of hydrogen-bond acceptors (Lipinski definition) is 3. The summed E-state index contributed by atoms with van der Waals surface area (Å²) in [5, 5.41) is 10.2. The average molecular weight is 237 g/mol. The van der Waals surface area contributed by atoms with Crippen LogP contribution in [-0.4, -0.2) is 9.91 Å². The molecule has 0 aliphatic rings. The van der Waals surface area contributed by atoms with Gasteiger partial charge in [0.2, 0.25) is 0 Å². The van der Waals surface area contributed by atoms with Crippen LogP contribution in [0.3, 0.4) is 0 Å². The summed E-state index contributed by atoms with van der Waals surface area (Å²) in [6.45, 7) is 0. The molecular weight excluding hydrogens is 235 g/mol. The summed E-state index contributed by atoms with van der Waals surface area (Å²) < 4.78 is 0.619. The van der Waals surface area contributed by atoms with E-state index in [2.05, 4.69) is 20.9 Å². The van der Waals surface area contributed by atoms with Gasteiger partial charge in [0.15, 0.2) is 6.20 Å². The fourth-order valence-corrected chi connectivity index (χ4v) is 1.24. The van der Waals surface area contributed by atoms with E-state index >= 15 is 0 Å². The standard InChI is InChI=1S/C5H2BrClN2O2/c6-3-1-4(7)5(8-2-3)9(10)11/h1-2H. The molecule has 58 valence electrons. The highest BCUT2D eigenvalue weighted by atomic mass is 79.9. The van der Waals surface area contributed by atoms with Crippen LogP contribution < -0.4 is 0 Å². The lowest BCUT2D eigenvalue weighted by atomic mass is 10.5. The maximum atomic E-state index is 10.2. The predicted octanol–water partition coefficient (Wildman–Crippen LogP) is 2.41. The van der Waals surface area contributed by atoms with Crippen molar-refractivity contribution in [3.8, 4) is 0 Å². The fraction of sp³-hybridized carbons (Fsp3) is 0. The number of rotatable bonds is 1. The van der Waals surface area contributed by atoms with Gasteiger partial charge in [-0.05, 0) is 31.9 Å². The van der Waals surface area contributed by atoms with Crippen LogP contribution in [0.2, 0.25) is 5.02 Å². The van der Waals surface area contributed by atoms with Crippen molar-refractivity contribution < 1.29 is 4.92 Å². The second kappa shape index (κ2) is 3.15. The highest BCUT2D eigenvalue weighted by molar-refractivity contribution is 9.10. The van der Waals surface area contributed by atoms with Gasteiger partial charge in [0, 0.05) is 0 Å². The van der Waals surface area contributed by atoms with Gasteiger partial charge in [-0.15, -0.1) is 0 Å². The molecule has 11 heavy (non-hydrogen) atoms. The SMILES string of the molecule is O=[N+]([O-])c1ncc(Br)cc1Cl. The molecule has 0 atom stereocenters. The van der Waals surface area contributed by atoms with E-state index in [1.54, 1.807) is 0 Å². The molecule has 0 saturated heterocycles. The Balaban J connectivity index is 3.20. The Bertz CT molecular complexity index is 305. The zero-order valence-corrected chi connectivity index (χ0v) is 7.46. The minimum absolute atomic E-state index is 0.0318. The van der Waals surface area contributed by atoms with E-state index < -0.39 is 4.92 Å². The summed E-state index contributed by atoms with van der Waals surface area (Å²) in [6.07, 6.45) is 1.32. The Morgan fingerprint density at radius 1 is 1.73 bits per heavy atom. The van der Waals surface area contributed by atoms with Gasteiger partial charge in [0.1, 0.15) is 5.02 Å². The first-order valence-electron chi connectivity index (χ1n) is 2.56. The smallest absolute Gasteiger partial charge is 0.358 e. The maximum absolute atomic E-state index is 10.2. The average Bonchev–Trinajstić information content (AvgIpc) is 1.85. The minimum Gasteiger partial charge on any atom is -0.358 e. The van der Waals surface area contributed by atoms with Gasteiger partial charge in [0.05, 0.1) is 4.47 Å². The van der Waals surface area contributed by atoms with E-state index in [0.717, 1.165) is 0 Å². The molecule has 0 aliphatic heterocycles. The van der Waals surface area contributed by atoms with Crippen molar-refractivity contribution in [1.29, 1.82) is 0 Å². The Hall–Kier alpha value is -0.680. The molecule has 0 aliphatic carbocycles. The maximum Gasteiger partial charge on any atom is 0.382 e. The van der Waals surface area contributed by atoms with Gasteiger partial charge in [-0.2, -0.15) is 0 Å². The van der Waals surface area contributed by atoms with E-state index in [1.807, 2.05) is 0 Å². The van der Waals surface area contributed by atoms with Crippen LogP contribution in [0.4, 0.5) is 5.82 Å². The number of aromatic nitrogens is 1. The molecule has 0 N–H and O–H groups in total. The highest BCUT2D eigenvalue weighted by Crippen LogP contribution is 2.23. The van der Waals surface area contributed by atoms with E-state index in [9.17, 15) is 10.1 Å². The second-order valence-corrected chi connectivity index (χ2v) is 3.04. The lowest BCUT2D eigenvalue weighted by molar-refractivity contribution is -0.389. The lowest BCUT2D eigenvalue weighted by Crippen LogP contribution is -1.91. The molecule has 1 heterocycles. The van der Waals surface area contributed by atoms with Crippen LogP contribution in [0.1, 0.15) is 0 Å². The van der Waals surface area contributed by atoms with Crippen molar-refractivity contribution in [3.05, 3.63) is 31.9 Å². The topological polar surface area (TPSA) is 56.0 Å². The van der Waals surface area contributed by atoms with Crippen LogP contribution in [0, 0.1) is 10.1 Å². The quantitative estimate of drug-likeness (QED) is 0.557. The number of nitrogens with zero attached hydrogens (tertiary/aromatic N) is 2. The Kier molecular flexibility index (Phi) is 2.41. The first-order valence-corrected chi connectivity index (χ1v) is 3.74. The number of pyridine rings is 1. The number of nitro groups is 1. The number of halogens is 2. The van der Waals surface area contributed by atoms with Gasteiger partial charge in [0.25, 0.3) is 0 Å². The fourth-order valence-electron chi connectivity index (χ4n) is 0.542. The predicted molar refractivity (Wildman–Crippen MR) is 43.6 cm³/mol. The summed E-state index contributed by atoms with van der Waals surface area (Å²) in [4.78, 5) is 13.0. The first-order chi connectivity index (χ1) is 5.11. The molecule has 1 aromatic heterocycles. The molecule has 0 amide bonds. The van der Waals surface area contributed by atoms with E-state index in [0.29, 0.717) is 4.47 Å². The van der Waals surface area contributed by atoms with Crippen molar-refractivity contribution in [2.45, 2.75) is 0 Å². The third kappa shape index (κ3) is 1.87. The Labute approximate surface area is 75.5 Å². The van der Waals surface area contributed by atoms with Crippen molar-refractivity contribution in [3.63, 3.8) is 0 Å². The molecule has 0 fully saturated rings. The van der Waals surface area contributed by atoms with Crippen molar-refractivity contribution in [2.24, 2.45) is 0 Å². The molecule has 6 heteroatoms. The number of hydrogen-bond donors (Lipinski definition) is 0. The van der Waals surface area contributed by atoms with Gasteiger partial charge in [-0.1, -0.05) is 11.6 Å². The molecule has 4 nitrogen and oxygen atoms in total. The third-order valence-corrected chi connectivity index (χ3v) is 1.67. The van der Waals surface area contributed by atoms with Crippen LogP contribution in [0.15, 0.2) is 16.7 Å². The normalized spacial score (nSPS) is 9.64. The zero-order valence-electron chi connectivity index (χ0n) is 5.12. The Morgan fingerprint density at radius 2 is 2.36 bits per heavy atom. The molecular formula is C5H2BrClN2O2. The molecule has 0 saturated carbocycles. The highest BCUT2D eigenvalue weighted by Gasteiger charge is 2.12. The largest absolute Gasteiger partial charge is 0.382 e. The lowest BCUT2D eigenvalue weighted by Gasteiger charge is -1.93. The summed E-state index contributed by atoms with van der Waals surface area (Å²) in [6, 6.07) is 1.42. The zero-order chi connectivity index (χ0) is 8.43. The molecule has 0 unspecified atom stereocenters. The first kappa shape index (κ1) is 8.42. The van der Waals surface area contributed by atoms with Crippen molar-refractivity contribution in [1.82, 2.24) is 4.98 Å². The summed E-state index contributed by atoms with van der Waals surface area (Å²) >= 11 is 8.57. The minimum atomic E-state index is -0.630. The summed E-state index contributed by atoms with van der Waals surface area (Å²) in [7, 11) is 0. The van der Waals surface area contributed by atoms with Gasteiger partial charge < -0.3 is 10.1 Å². The van der Waals surface area contributed by atoms with Crippen LogP contribution in [-0.2, 0) is 0 Å². The van der Waals surface area contributed by atoms with Gasteiger partial charge in [-0.3, -0.25) is 0 Å². The Morgan fingerprint density at radius 3 is 2.82 bits per heavy atom. The van der Waals surface area contributed by atoms with Crippen LogP contribution in [0.5, 0.6) is 0 Å². The monoisotopic (exact) mass is 236 g/mol. The van der Waals surface area contributed by atoms with Crippen molar-refractivity contribution in [2.75, 3.05) is 0 Å². The molecule has 1 aromatic rings. The van der Waals surface area contributed by atoms with Crippen molar-refractivity contribution >= 4 is 33.3 Å². The van der Waals surface area contributed by atoms with E-state index in [4.69, 9.17) is 11.6 Å². The van der Waals surface area contributed by atoms with Gasteiger partial charge >= 0.3 is 5.82 Å². The van der Waals surface area contributed by atoms with Crippen LogP contribution >= 0.6 is 27.5 Å². The molecule has 1 rings (SSSR count).